The SMILES string of the molecule is Cn1cc(CC(F)(F)F)c2[nH]c(-c3ccnc(NC(=O)C(CC(F)F)C4=CCC(C)(F)C=C4)c3)cc2c1=O. The van der Waals surface area contributed by atoms with Gasteiger partial charge in [0.25, 0.3) is 5.56 Å². The van der Waals surface area contributed by atoms with Gasteiger partial charge in [-0.05, 0) is 36.8 Å². The Hall–Kier alpha value is -3.83. The molecule has 38 heavy (non-hydrogen) atoms. The van der Waals surface area contributed by atoms with E-state index in [-0.39, 0.29) is 34.3 Å². The summed E-state index contributed by atoms with van der Waals surface area (Å²) in [5.41, 5.74) is -1.25. The van der Waals surface area contributed by atoms with Crippen LogP contribution in [0.1, 0.15) is 25.3 Å². The molecule has 0 spiro atoms. The number of pyridine rings is 2. The minimum atomic E-state index is -4.50. The zero-order valence-electron chi connectivity index (χ0n) is 20.4. The first-order chi connectivity index (χ1) is 17.7. The number of anilines is 1. The van der Waals surface area contributed by atoms with Gasteiger partial charge < -0.3 is 14.9 Å². The number of rotatable bonds is 7. The molecule has 4 rings (SSSR count). The Labute approximate surface area is 213 Å². The van der Waals surface area contributed by atoms with Gasteiger partial charge in [0, 0.05) is 49.1 Å². The lowest BCUT2D eigenvalue weighted by molar-refractivity contribution is -0.127. The summed E-state index contributed by atoms with van der Waals surface area (Å²) >= 11 is 0. The van der Waals surface area contributed by atoms with Crippen molar-refractivity contribution in [2.24, 2.45) is 13.0 Å². The first-order valence-corrected chi connectivity index (χ1v) is 11.6. The standard InChI is InChI=1S/C26H24F6N4O2/c1-25(29)6-3-14(4-7-25)17(11-20(27)28)23(37)35-21-9-15(5-8-33-21)19-10-18-22(34-19)16(12-26(30,31)32)13-36(2)24(18)38/h3-6,8-10,13,17,20,34H,7,11-12H2,1-2H3,(H,33,35,37). The van der Waals surface area contributed by atoms with Crippen LogP contribution in [0.15, 0.2) is 59.2 Å². The molecule has 0 saturated carbocycles. The number of halogens is 6. The second-order valence-electron chi connectivity index (χ2n) is 9.45. The lowest BCUT2D eigenvalue weighted by Crippen LogP contribution is -2.28. The van der Waals surface area contributed by atoms with Gasteiger partial charge in [0.2, 0.25) is 12.3 Å². The highest BCUT2D eigenvalue weighted by Gasteiger charge is 2.31. The van der Waals surface area contributed by atoms with Crippen LogP contribution in [0.25, 0.3) is 22.2 Å². The summed E-state index contributed by atoms with van der Waals surface area (Å²) in [6.07, 6.45) is -2.96. The van der Waals surface area contributed by atoms with Crippen molar-refractivity contribution in [3.63, 3.8) is 0 Å². The predicted octanol–water partition coefficient (Wildman–Crippen LogP) is 5.86. The van der Waals surface area contributed by atoms with Gasteiger partial charge in [-0.25, -0.2) is 18.2 Å². The first kappa shape index (κ1) is 27.2. The molecular weight excluding hydrogens is 514 g/mol. The quantitative estimate of drug-likeness (QED) is 0.370. The number of amides is 1. The molecule has 1 amide bonds. The van der Waals surface area contributed by atoms with Crippen molar-refractivity contribution < 1.29 is 31.1 Å². The fourth-order valence-electron chi connectivity index (χ4n) is 4.36. The van der Waals surface area contributed by atoms with Crippen LogP contribution in [-0.4, -0.2) is 38.7 Å². The van der Waals surface area contributed by atoms with Gasteiger partial charge in [0.1, 0.15) is 11.5 Å². The molecular formula is C26H24F6N4O2. The summed E-state index contributed by atoms with van der Waals surface area (Å²) in [5, 5.41) is 2.55. The molecule has 3 aromatic heterocycles. The molecule has 0 aromatic carbocycles. The maximum Gasteiger partial charge on any atom is 0.393 e. The molecule has 2 unspecified atom stereocenters. The third-order valence-corrected chi connectivity index (χ3v) is 6.25. The van der Waals surface area contributed by atoms with Crippen molar-refractivity contribution in [1.29, 1.82) is 0 Å². The third kappa shape index (κ3) is 6.17. The summed E-state index contributed by atoms with van der Waals surface area (Å²) in [5.74, 6) is -2.02. The Balaban J connectivity index is 1.64. The lowest BCUT2D eigenvalue weighted by Gasteiger charge is -2.23. The number of aromatic amines is 1. The van der Waals surface area contributed by atoms with E-state index in [0.717, 1.165) is 10.8 Å². The molecule has 2 atom stereocenters. The van der Waals surface area contributed by atoms with Crippen molar-refractivity contribution in [2.75, 3.05) is 5.32 Å². The number of carbonyl (C=O) groups is 1. The average Bonchev–Trinajstić information content (AvgIpc) is 3.27. The highest BCUT2D eigenvalue weighted by molar-refractivity contribution is 5.95. The van der Waals surface area contributed by atoms with E-state index in [1.165, 1.54) is 56.6 Å². The number of hydrogen-bond acceptors (Lipinski definition) is 3. The number of fused-ring (bicyclic) bond motifs is 1. The van der Waals surface area contributed by atoms with Gasteiger partial charge >= 0.3 is 6.18 Å². The number of alkyl halides is 6. The fraction of sp³-hybridized carbons (Fsp3) is 0.346. The number of nitrogens with one attached hydrogen (secondary N) is 2. The molecule has 0 fully saturated rings. The van der Waals surface area contributed by atoms with Gasteiger partial charge in [-0.3, -0.25) is 9.59 Å². The Morgan fingerprint density at radius 3 is 2.66 bits per heavy atom. The number of carbonyl (C=O) groups excluding carboxylic acids is 1. The van der Waals surface area contributed by atoms with E-state index in [1.807, 2.05) is 0 Å². The lowest BCUT2D eigenvalue weighted by atomic mass is 9.87. The van der Waals surface area contributed by atoms with Crippen LogP contribution in [0.4, 0.5) is 32.2 Å². The van der Waals surface area contributed by atoms with E-state index in [1.54, 1.807) is 0 Å². The van der Waals surface area contributed by atoms with E-state index < -0.39 is 48.5 Å². The van der Waals surface area contributed by atoms with Crippen molar-refractivity contribution in [1.82, 2.24) is 14.5 Å². The summed E-state index contributed by atoms with van der Waals surface area (Å²) in [6, 6.07) is 4.32. The molecule has 0 saturated heterocycles. The monoisotopic (exact) mass is 538 g/mol. The summed E-state index contributed by atoms with van der Waals surface area (Å²) in [4.78, 5) is 32.4. The Morgan fingerprint density at radius 2 is 2.03 bits per heavy atom. The zero-order valence-corrected chi connectivity index (χ0v) is 20.4. The molecule has 0 radical (unpaired) electrons. The van der Waals surface area contributed by atoms with Crippen molar-refractivity contribution in [2.45, 2.75) is 44.5 Å². The Kier molecular flexibility index (Phi) is 7.26. The van der Waals surface area contributed by atoms with Crippen LogP contribution in [0.5, 0.6) is 0 Å². The second kappa shape index (κ2) is 10.1. The van der Waals surface area contributed by atoms with Crippen LogP contribution in [-0.2, 0) is 18.3 Å². The number of H-pyrrole nitrogens is 1. The highest BCUT2D eigenvalue weighted by atomic mass is 19.4. The van der Waals surface area contributed by atoms with Gasteiger partial charge in [0.15, 0.2) is 0 Å². The number of aromatic nitrogens is 3. The maximum atomic E-state index is 14.1. The molecule has 0 bridgehead atoms. The summed E-state index contributed by atoms with van der Waals surface area (Å²) in [7, 11) is 1.36. The third-order valence-electron chi connectivity index (χ3n) is 6.25. The number of nitrogens with zero attached hydrogens (tertiary/aromatic N) is 2. The highest BCUT2D eigenvalue weighted by Crippen LogP contribution is 2.32. The van der Waals surface area contributed by atoms with Gasteiger partial charge in [-0.2, -0.15) is 13.2 Å². The molecule has 202 valence electrons. The fourth-order valence-corrected chi connectivity index (χ4v) is 4.36. The van der Waals surface area contributed by atoms with Crippen LogP contribution >= 0.6 is 0 Å². The smallest absolute Gasteiger partial charge is 0.354 e. The molecule has 1 aliphatic carbocycles. The topological polar surface area (TPSA) is 79.8 Å². The molecule has 3 aromatic rings. The van der Waals surface area contributed by atoms with E-state index in [0.29, 0.717) is 11.3 Å². The summed E-state index contributed by atoms with van der Waals surface area (Å²) < 4.78 is 81.0. The van der Waals surface area contributed by atoms with E-state index in [9.17, 15) is 35.9 Å². The van der Waals surface area contributed by atoms with Crippen molar-refractivity contribution in [3.8, 4) is 11.3 Å². The molecule has 12 heteroatoms. The largest absolute Gasteiger partial charge is 0.393 e. The van der Waals surface area contributed by atoms with Crippen LogP contribution in [0.3, 0.4) is 0 Å². The normalized spacial score (nSPS) is 18.6. The molecule has 2 N–H and O–H groups in total. The van der Waals surface area contributed by atoms with Gasteiger partial charge in [-0.1, -0.05) is 12.2 Å². The predicted molar refractivity (Wildman–Crippen MR) is 131 cm³/mol. The molecule has 3 heterocycles. The van der Waals surface area contributed by atoms with Crippen molar-refractivity contribution in [3.05, 3.63) is 70.3 Å². The number of allylic oxidation sites excluding steroid dienone is 3. The molecule has 0 aliphatic heterocycles. The summed E-state index contributed by atoms with van der Waals surface area (Å²) in [6.45, 7) is 1.33. The van der Waals surface area contributed by atoms with Crippen LogP contribution in [0.2, 0.25) is 0 Å². The Bertz CT molecular complexity index is 1480. The minimum absolute atomic E-state index is 0.00422. The van der Waals surface area contributed by atoms with Crippen LogP contribution < -0.4 is 10.9 Å². The van der Waals surface area contributed by atoms with Crippen LogP contribution in [0, 0.1) is 5.92 Å². The average molecular weight is 538 g/mol. The zero-order chi connectivity index (χ0) is 27.8. The first-order valence-electron chi connectivity index (χ1n) is 11.6. The van der Waals surface area contributed by atoms with E-state index in [2.05, 4.69) is 15.3 Å². The Morgan fingerprint density at radius 1 is 1.29 bits per heavy atom. The molecule has 6 nitrogen and oxygen atoms in total. The second-order valence-corrected chi connectivity index (χ2v) is 9.45. The minimum Gasteiger partial charge on any atom is -0.354 e. The number of hydrogen-bond donors (Lipinski definition) is 2. The van der Waals surface area contributed by atoms with Gasteiger partial charge in [0.05, 0.1) is 23.2 Å². The van der Waals surface area contributed by atoms with E-state index in [4.69, 9.17) is 0 Å². The van der Waals surface area contributed by atoms with Gasteiger partial charge in [-0.15, -0.1) is 0 Å². The number of aryl methyl sites for hydroxylation is 1. The molecule has 1 aliphatic rings. The van der Waals surface area contributed by atoms with Crippen molar-refractivity contribution >= 4 is 22.6 Å². The maximum absolute atomic E-state index is 14.1. The van der Waals surface area contributed by atoms with E-state index >= 15 is 0 Å².